The van der Waals surface area contributed by atoms with Gasteiger partial charge in [0, 0.05) is 19.2 Å². The summed E-state index contributed by atoms with van der Waals surface area (Å²) >= 11 is 5.73. The number of ether oxygens (including phenoxy) is 1. The van der Waals surface area contributed by atoms with Crippen LogP contribution in [0.15, 0.2) is 41.4 Å². The number of hydrogen-bond donors (Lipinski definition) is 2. The molecule has 31 heavy (non-hydrogen) atoms. The number of amides is 1. The number of β-amino-alcohol motifs (C(OH)–C–C–N with tert-alkyl or cyclic N) is 1. The molecule has 0 saturated carbocycles. The minimum Gasteiger partial charge on any atom is -0.454 e. The SMILES string of the molecule is Cc1ccc(S(=O)(=O)N2CC(O)CC2C(=O)OCC(=O)Nc2ccc(Cl)cn2)cc1C. The highest BCUT2D eigenvalue weighted by Crippen LogP contribution is 2.28. The molecule has 0 bridgehead atoms. The number of anilines is 1. The van der Waals surface area contributed by atoms with Gasteiger partial charge < -0.3 is 15.2 Å². The molecule has 0 aliphatic carbocycles. The molecule has 1 amide bonds. The molecule has 1 fully saturated rings. The van der Waals surface area contributed by atoms with Crippen molar-refractivity contribution < 1.29 is 27.9 Å². The molecule has 1 aromatic carbocycles. The molecule has 0 radical (unpaired) electrons. The first-order valence-corrected chi connectivity index (χ1v) is 11.2. The van der Waals surface area contributed by atoms with Crippen molar-refractivity contribution in [3.63, 3.8) is 0 Å². The molecular weight excluding hydrogens is 446 g/mol. The minimum absolute atomic E-state index is 0.0223. The quantitative estimate of drug-likeness (QED) is 0.618. The summed E-state index contributed by atoms with van der Waals surface area (Å²) in [5.41, 5.74) is 1.71. The Labute approximate surface area is 185 Å². The van der Waals surface area contributed by atoms with Crippen LogP contribution < -0.4 is 5.32 Å². The van der Waals surface area contributed by atoms with Crippen LogP contribution in [-0.4, -0.2) is 60.0 Å². The second-order valence-electron chi connectivity index (χ2n) is 7.24. The molecule has 2 heterocycles. The maximum absolute atomic E-state index is 13.1. The maximum atomic E-state index is 13.1. The molecule has 3 rings (SSSR count). The van der Waals surface area contributed by atoms with E-state index >= 15 is 0 Å². The van der Waals surface area contributed by atoms with Gasteiger partial charge in [-0.15, -0.1) is 0 Å². The fourth-order valence-corrected chi connectivity index (χ4v) is 4.96. The van der Waals surface area contributed by atoms with E-state index in [1.54, 1.807) is 13.0 Å². The van der Waals surface area contributed by atoms with Gasteiger partial charge in [0.05, 0.1) is 16.0 Å². The van der Waals surface area contributed by atoms with E-state index in [4.69, 9.17) is 16.3 Å². The highest BCUT2D eigenvalue weighted by molar-refractivity contribution is 7.89. The standard InChI is InChI=1S/C20H22ClN3O6S/c1-12-3-5-16(7-13(12)2)31(28,29)24-10-15(25)8-17(24)20(27)30-11-19(26)23-18-6-4-14(21)9-22-18/h3-7,9,15,17,25H,8,10-11H2,1-2H3,(H,22,23,26). The van der Waals surface area contributed by atoms with Crippen LogP contribution in [0.2, 0.25) is 5.02 Å². The van der Waals surface area contributed by atoms with Crippen LogP contribution in [0.4, 0.5) is 5.82 Å². The Hall–Kier alpha value is -2.53. The number of halogens is 1. The number of benzene rings is 1. The van der Waals surface area contributed by atoms with Gasteiger partial charge in [0.2, 0.25) is 10.0 Å². The predicted octanol–water partition coefficient (Wildman–Crippen LogP) is 1.66. The van der Waals surface area contributed by atoms with Crippen molar-refractivity contribution in [3.05, 3.63) is 52.7 Å². The highest BCUT2D eigenvalue weighted by atomic mass is 35.5. The Kier molecular flexibility index (Phi) is 6.95. The first kappa shape index (κ1) is 23.1. The molecule has 2 N–H and O–H groups in total. The third-order valence-corrected chi connectivity index (χ3v) is 7.03. The number of nitrogens with one attached hydrogen (secondary N) is 1. The Morgan fingerprint density at radius 3 is 2.65 bits per heavy atom. The van der Waals surface area contributed by atoms with Crippen molar-refractivity contribution in [2.24, 2.45) is 0 Å². The van der Waals surface area contributed by atoms with Gasteiger partial charge in [0.15, 0.2) is 6.61 Å². The lowest BCUT2D eigenvalue weighted by molar-refractivity contribution is -0.150. The van der Waals surface area contributed by atoms with Crippen LogP contribution in [0.25, 0.3) is 0 Å². The Balaban J connectivity index is 1.68. The van der Waals surface area contributed by atoms with Gasteiger partial charge in [0.1, 0.15) is 11.9 Å². The smallest absolute Gasteiger partial charge is 0.325 e. The van der Waals surface area contributed by atoms with E-state index in [1.807, 2.05) is 6.92 Å². The maximum Gasteiger partial charge on any atom is 0.325 e. The van der Waals surface area contributed by atoms with E-state index < -0.39 is 40.7 Å². The summed E-state index contributed by atoms with van der Waals surface area (Å²) in [7, 11) is -4.05. The third-order valence-electron chi connectivity index (χ3n) is 4.93. The summed E-state index contributed by atoms with van der Waals surface area (Å²) in [4.78, 5) is 28.5. The second-order valence-corrected chi connectivity index (χ2v) is 9.57. The summed E-state index contributed by atoms with van der Waals surface area (Å²) in [5.74, 6) is -1.34. The molecule has 1 aliphatic heterocycles. The number of hydrogen-bond acceptors (Lipinski definition) is 7. The highest BCUT2D eigenvalue weighted by Gasteiger charge is 2.44. The second kappa shape index (κ2) is 9.31. The van der Waals surface area contributed by atoms with Crippen LogP contribution in [-0.2, 0) is 24.3 Å². The molecule has 2 unspecified atom stereocenters. The normalized spacial score (nSPS) is 19.2. The molecule has 1 aromatic heterocycles. The molecule has 166 valence electrons. The Morgan fingerprint density at radius 2 is 2.00 bits per heavy atom. The average molecular weight is 468 g/mol. The van der Waals surface area contributed by atoms with Gasteiger partial charge in [-0.1, -0.05) is 17.7 Å². The molecule has 1 aliphatic rings. The first-order chi connectivity index (χ1) is 14.6. The summed E-state index contributed by atoms with van der Waals surface area (Å²) in [6, 6.07) is 6.43. The molecule has 11 heteroatoms. The average Bonchev–Trinajstić information content (AvgIpc) is 3.12. The number of aromatic nitrogens is 1. The Morgan fingerprint density at radius 1 is 1.26 bits per heavy atom. The number of sulfonamides is 1. The van der Waals surface area contributed by atoms with Gasteiger partial charge in [-0.05, 0) is 49.2 Å². The number of rotatable bonds is 6. The minimum atomic E-state index is -4.05. The zero-order chi connectivity index (χ0) is 22.8. The number of pyridine rings is 1. The van der Waals surface area contributed by atoms with Crippen molar-refractivity contribution in [3.8, 4) is 0 Å². The summed E-state index contributed by atoms with van der Waals surface area (Å²) in [6.07, 6.45) is 0.202. The number of nitrogens with zero attached hydrogens (tertiary/aromatic N) is 2. The van der Waals surface area contributed by atoms with E-state index in [0.717, 1.165) is 15.4 Å². The van der Waals surface area contributed by atoms with Gasteiger partial charge >= 0.3 is 5.97 Å². The van der Waals surface area contributed by atoms with Gasteiger partial charge in [-0.2, -0.15) is 4.31 Å². The van der Waals surface area contributed by atoms with Gasteiger partial charge in [-0.3, -0.25) is 9.59 Å². The number of carbonyl (C=O) groups is 2. The first-order valence-electron chi connectivity index (χ1n) is 9.43. The zero-order valence-electron chi connectivity index (χ0n) is 16.9. The molecule has 9 nitrogen and oxygen atoms in total. The van der Waals surface area contributed by atoms with Crippen LogP contribution in [0.1, 0.15) is 17.5 Å². The number of carbonyl (C=O) groups excluding carboxylic acids is 2. The molecule has 1 saturated heterocycles. The number of aliphatic hydroxyl groups is 1. The Bertz CT molecular complexity index is 1090. The molecule has 2 atom stereocenters. The number of aliphatic hydroxyl groups excluding tert-OH is 1. The van der Waals surface area contributed by atoms with Gasteiger partial charge in [-0.25, -0.2) is 13.4 Å². The van der Waals surface area contributed by atoms with E-state index in [-0.39, 0.29) is 23.7 Å². The predicted molar refractivity (Wildman–Crippen MR) is 113 cm³/mol. The fourth-order valence-electron chi connectivity index (χ4n) is 3.14. The van der Waals surface area contributed by atoms with Crippen LogP contribution >= 0.6 is 11.6 Å². The van der Waals surface area contributed by atoms with E-state index in [9.17, 15) is 23.1 Å². The van der Waals surface area contributed by atoms with Crippen LogP contribution in [0, 0.1) is 13.8 Å². The zero-order valence-corrected chi connectivity index (χ0v) is 18.5. The van der Waals surface area contributed by atoms with Crippen molar-refractivity contribution >= 4 is 39.3 Å². The lowest BCUT2D eigenvalue weighted by Crippen LogP contribution is -2.42. The third kappa shape index (κ3) is 5.40. The lowest BCUT2D eigenvalue weighted by atomic mass is 10.1. The molecule has 2 aromatic rings. The van der Waals surface area contributed by atoms with Crippen LogP contribution in [0.3, 0.4) is 0 Å². The lowest BCUT2D eigenvalue weighted by Gasteiger charge is -2.22. The fraction of sp³-hybridized carbons (Fsp3) is 0.350. The van der Waals surface area contributed by atoms with Gasteiger partial charge in [0.25, 0.3) is 5.91 Å². The van der Waals surface area contributed by atoms with Crippen LogP contribution in [0.5, 0.6) is 0 Å². The van der Waals surface area contributed by atoms with Crippen molar-refractivity contribution in [1.29, 1.82) is 0 Å². The largest absolute Gasteiger partial charge is 0.454 e. The van der Waals surface area contributed by atoms with E-state index in [2.05, 4.69) is 10.3 Å². The van der Waals surface area contributed by atoms with Crippen molar-refractivity contribution in [2.45, 2.75) is 37.3 Å². The molecule has 0 spiro atoms. The number of esters is 1. The summed E-state index contributed by atoms with van der Waals surface area (Å²) < 4.78 is 32.1. The van der Waals surface area contributed by atoms with Crippen molar-refractivity contribution in [2.75, 3.05) is 18.5 Å². The monoisotopic (exact) mass is 467 g/mol. The van der Waals surface area contributed by atoms with Crippen molar-refractivity contribution in [1.82, 2.24) is 9.29 Å². The summed E-state index contributed by atoms with van der Waals surface area (Å²) in [5, 5.41) is 12.8. The topological polar surface area (TPSA) is 126 Å². The summed E-state index contributed by atoms with van der Waals surface area (Å²) in [6.45, 7) is 2.77. The molecular formula is C20H22ClN3O6S. The number of aryl methyl sites for hydroxylation is 2. The van der Waals surface area contributed by atoms with E-state index in [1.165, 1.54) is 30.5 Å². The van der Waals surface area contributed by atoms with E-state index in [0.29, 0.717) is 5.02 Å².